The number of nitro groups is 1. The first kappa shape index (κ1) is 18.6. The zero-order valence-electron chi connectivity index (χ0n) is 14.3. The largest absolute Gasteiger partial charge is 0.465 e. The van der Waals surface area contributed by atoms with Gasteiger partial charge in [0.25, 0.3) is 11.2 Å². The van der Waals surface area contributed by atoms with Gasteiger partial charge in [-0.05, 0) is 12.1 Å². The van der Waals surface area contributed by atoms with Gasteiger partial charge in [-0.2, -0.15) is 0 Å². The number of pyridine rings is 1. The highest BCUT2D eigenvalue weighted by atomic mass is 32.2. The lowest BCUT2D eigenvalue weighted by Crippen LogP contribution is -2.40. The van der Waals surface area contributed by atoms with Crippen molar-refractivity contribution in [2.75, 3.05) is 24.3 Å². The average molecular weight is 389 g/mol. The van der Waals surface area contributed by atoms with Crippen LogP contribution in [0.15, 0.2) is 46.2 Å². The highest BCUT2D eigenvalue weighted by Crippen LogP contribution is 2.34. The number of thioether (sulfide) groups is 1. The van der Waals surface area contributed by atoms with E-state index < -0.39 is 40.2 Å². The van der Waals surface area contributed by atoms with Gasteiger partial charge in [-0.1, -0.05) is 12.1 Å². The van der Waals surface area contributed by atoms with Gasteiger partial charge in [-0.3, -0.25) is 24.3 Å². The van der Waals surface area contributed by atoms with Gasteiger partial charge in [0, 0.05) is 23.3 Å². The molecule has 1 aromatic carbocycles. The van der Waals surface area contributed by atoms with Crippen molar-refractivity contribution >= 4 is 35.0 Å². The van der Waals surface area contributed by atoms with Gasteiger partial charge in [0.05, 0.1) is 23.9 Å². The smallest absolute Gasteiger partial charge is 0.343 e. The SMILES string of the molecule is COC(=O)c1cc([N+](=O)[O-])cn(CC(=O)N2CCSc3ccccc32)c1=O. The number of anilines is 1. The summed E-state index contributed by atoms with van der Waals surface area (Å²) in [4.78, 5) is 49.9. The number of rotatable bonds is 4. The Morgan fingerprint density at radius 3 is 2.78 bits per heavy atom. The number of methoxy groups -OCH3 is 1. The molecule has 0 N–H and O–H groups in total. The van der Waals surface area contributed by atoms with Crippen LogP contribution < -0.4 is 10.5 Å². The van der Waals surface area contributed by atoms with E-state index in [1.165, 1.54) is 4.90 Å². The van der Waals surface area contributed by atoms with E-state index in [0.29, 0.717) is 12.3 Å². The van der Waals surface area contributed by atoms with E-state index in [-0.39, 0.29) is 0 Å². The number of carbonyl (C=O) groups excluding carboxylic acids is 2. The molecule has 27 heavy (non-hydrogen) atoms. The van der Waals surface area contributed by atoms with Gasteiger partial charge in [0.15, 0.2) is 0 Å². The Bertz CT molecular complexity index is 987. The van der Waals surface area contributed by atoms with Gasteiger partial charge < -0.3 is 9.64 Å². The van der Waals surface area contributed by atoms with Crippen LogP contribution in [0.2, 0.25) is 0 Å². The van der Waals surface area contributed by atoms with Gasteiger partial charge >= 0.3 is 5.97 Å². The second kappa shape index (κ2) is 7.62. The van der Waals surface area contributed by atoms with Crippen molar-refractivity contribution in [3.63, 3.8) is 0 Å². The van der Waals surface area contributed by atoms with Gasteiger partial charge in [0.1, 0.15) is 12.1 Å². The maximum absolute atomic E-state index is 12.8. The Balaban J connectivity index is 1.97. The number of benzene rings is 1. The number of ether oxygens (including phenoxy) is 1. The molecule has 10 heteroatoms. The molecule has 0 unspecified atom stereocenters. The van der Waals surface area contributed by atoms with E-state index in [0.717, 1.165) is 34.5 Å². The number of aromatic nitrogens is 1. The minimum absolute atomic E-state index is 0.402. The molecule has 0 radical (unpaired) electrons. The van der Waals surface area contributed by atoms with E-state index in [9.17, 15) is 24.5 Å². The van der Waals surface area contributed by atoms with Crippen LogP contribution in [0.3, 0.4) is 0 Å². The second-order valence-corrected chi connectivity index (χ2v) is 6.79. The molecule has 0 atom stereocenters. The Kier molecular flexibility index (Phi) is 5.26. The second-order valence-electron chi connectivity index (χ2n) is 5.66. The van der Waals surface area contributed by atoms with Crippen LogP contribution in [0.25, 0.3) is 0 Å². The van der Waals surface area contributed by atoms with Gasteiger partial charge in [-0.15, -0.1) is 11.8 Å². The molecule has 0 saturated carbocycles. The summed E-state index contributed by atoms with van der Waals surface area (Å²) in [6.45, 7) is 0.0254. The number of carbonyl (C=O) groups is 2. The molecule has 0 bridgehead atoms. The van der Waals surface area contributed by atoms with Crippen LogP contribution >= 0.6 is 11.8 Å². The topological polar surface area (TPSA) is 112 Å². The number of amides is 1. The summed E-state index contributed by atoms with van der Waals surface area (Å²) in [5.41, 5.74) is -1.06. The molecule has 9 nitrogen and oxygen atoms in total. The van der Waals surface area contributed by atoms with E-state index in [1.807, 2.05) is 12.1 Å². The monoisotopic (exact) mass is 389 g/mol. The van der Waals surface area contributed by atoms with Crippen LogP contribution in [-0.4, -0.2) is 40.8 Å². The summed E-state index contributed by atoms with van der Waals surface area (Å²) in [6, 6.07) is 8.22. The fraction of sp³-hybridized carbons (Fsp3) is 0.235. The summed E-state index contributed by atoms with van der Waals surface area (Å²) < 4.78 is 5.37. The Labute approximate surface area is 157 Å². The molecule has 2 aromatic rings. The lowest BCUT2D eigenvalue weighted by atomic mass is 10.2. The molecular formula is C17H15N3O6S. The van der Waals surface area contributed by atoms with Crippen molar-refractivity contribution in [1.82, 2.24) is 4.57 Å². The van der Waals surface area contributed by atoms with Gasteiger partial charge in [0.2, 0.25) is 5.91 Å². The quantitative estimate of drug-likeness (QED) is 0.444. The maximum Gasteiger partial charge on any atom is 0.343 e. The zero-order valence-corrected chi connectivity index (χ0v) is 15.1. The molecule has 140 valence electrons. The van der Waals surface area contributed by atoms with E-state index in [2.05, 4.69) is 4.74 Å². The number of esters is 1. The minimum Gasteiger partial charge on any atom is -0.465 e. The summed E-state index contributed by atoms with van der Waals surface area (Å²) in [7, 11) is 1.07. The molecule has 0 fully saturated rings. The number of hydrogen-bond donors (Lipinski definition) is 0. The first-order chi connectivity index (χ1) is 12.9. The first-order valence-corrected chi connectivity index (χ1v) is 8.90. The van der Waals surface area contributed by atoms with Crippen molar-refractivity contribution in [1.29, 1.82) is 0 Å². The zero-order chi connectivity index (χ0) is 19.6. The van der Waals surface area contributed by atoms with Gasteiger partial charge in [-0.25, -0.2) is 4.79 Å². The molecular weight excluding hydrogens is 374 g/mol. The van der Waals surface area contributed by atoms with Crippen molar-refractivity contribution < 1.29 is 19.2 Å². The molecule has 1 aliphatic rings. The first-order valence-electron chi connectivity index (χ1n) is 7.91. The average Bonchev–Trinajstić information content (AvgIpc) is 2.68. The molecule has 2 heterocycles. The molecule has 1 aromatic heterocycles. The third-order valence-corrected chi connectivity index (χ3v) is 5.07. The molecule has 1 aliphatic heterocycles. The maximum atomic E-state index is 12.8. The fourth-order valence-electron chi connectivity index (χ4n) is 2.75. The Morgan fingerprint density at radius 1 is 1.33 bits per heavy atom. The third kappa shape index (κ3) is 3.70. The lowest BCUT2D eigenvalue weighted by Gasteiger charge is -2.29. The third-order valence-electron chi connectivity index (χ3n) is 4.02. The standard InChI is InChI=1S/C17H15N3O6S/c1-26-17(23)12-8-11(20(24)25)9-18(16(12)22)10-15(21)19-6-7-27-14-5-3-2-4-13(14)19/h2-5,8-9H,6-7,10H2,1H3. The van der Waals surface area contributed by atoms with E-state index in [4.69, 9.17) is 0 Å². The Hall–Kier alpha value is -3.14. The minimum atomic E-state index is -0.996. The van der Waals surface area contributed by atoms with Crippen LogP contribution in [0, 0.1) is 10.1 Å². The number of nitrogens with zero attached hydrogens (tertiary/aromatic N) is 3. The predicted octanol–water partition coefficient (Wildman–Crippen LogP) is 1.68. The Morgan fingerprint density at radius 2 is 2.07 bits per heavy atom. The van der Waals surface area contributed by atoms with Crippen LogP contribution in [-0.2, 0) is 16.1 Å². The fourth-order valence-corrected chi connectivity index (χ4v) is 3.75. The number of fused-ring (bicyclic) bond motifs is 1. The van der Waals surface area contributed by atoms with Crippen LogP contribution in [0.1, 0.15) is 10.4 Å². The van der Waals surface area contributed by atoms with Crippen molar-refractivity contribution in [3.8, 4) is 0 Å². The van der Waals surface area contributed by atoms with Crippen LogP contribution in [0.4, 0.5) is 11.4 Å². The summed E-state index contributed by atoms with van der Waals surface area (Å²) in [5.74, 6) is -0.703. The molecule has 0 saturated heterocycles. The lowest BCUT2D eigenvalue weighted by molar-refractivity contribution is -0.385. The van der Waals surface area contributed by atoms with E-state index in [1.54, 1.807) is 23.9 Å². The molecule has 3 rings (SSSR count). The van der Waals surface area contributed by atoms with E-state index >= 15 is 0 Å². The highest BCUT2D eigenvalue weighted by molar-refractivity contribution is 7.99. The predicted molar refractivity (Wildman–Crippen MR) is 98.2 cm³/mol. The van der Waals surface area contributed by atoms with Crippen molar-refractivity contribution in [2.24, 2.45) is 0 Å². The summed E-state index contributed by atoms with van der Waals surface area (Å²) in [6.07, 6.45) is 0.956. The van der Waals surface area contributed by atoms with Crippen molar-refractivity contribution in [3.05, 3.63) is 62.6 Å². The van der Waals surface area contributed by atoms with Crippen LogP contribution in [0.5, 0.6) is 0 Å². The molecule has 0 aliphatic carbocycles. The number of hydrogen-bond acceptors (Lipinski definition) is 7. The summed E-state index contributed by atoms with van der Waals surface area (Å²) >= 11 is 1.62. The normalized spacial score (nSPS) is 13.0. The highest BCUT2D eigenvalue weighted by Gasteiger charge is 2.25. The molecule has 0 spiro atoms. The number of para-hydroxylation sites is 1. The van der Waals surface area contributed by atoms with Crippen molar-refractivity contribution in [2.45, 2.75) is 11.4 Å². The summed E-state index contributed by atoms with van der Waals surface area (Å²) in [5, 5.41) is 11.1. The molecule has 1 amide bonds.